The van der Waals surface area contributed by atoms with E-state index in [1.54, 1.807) is 0 Å². The highest BCUT2D eigenvalue weighted by Gasteiger charge is 2.33. The number of fused-ring (bicyclic) bond motifs is 1. The lowest BCUT2D eigenvalue weighted by molar-refractivity contribution is -0.117. The average molecular weight is 479 g/mol. The van der Waals surface area contributed by atoms with Crippen molar-refractivity contribution in [3.05, 3.63) is 39.9 Å². The molecule has 1 aromatic carbocycles. The van der Waals surface area contributed by atoms with E-state index in [0.717, 1.165) is 10.6 Å². The molecule has 1 aliphatic rings. The first-order valence-electron chi connectivity index (χ1n) is 8.53. The molecule has 3 rings (SSSR count). The fourth-order valence-electron chi connectivity index (χ4n) is 2.77. The fraction of sp³-hybridized carbons (Fsp3) is 0.353. The number of nitrogens with one attached hydrogen (secondary N) is 2. The molecule has 0 saturated heterocycles. The Bertz CT molecular complexity index is 1050. The van der Waals surface area contributed by atoms with Crippen LogP contribution in [0.4, 0.5) is 15.8 Å². The van der Waals surface area contributed by atoms with Crippen molar-refractivity contribution in [3.63, 3.8) is 0 Å². The maximum absolute atomic E-state index is 12.8. The molecule has 0 fully saturated rings. The zero-order valence-electron chi connectivity index (χ0n) is 15.2. The van der Waals surface area contributed by atoms with Crippen molar-refractivity contribution in [2.75, 3.05) is 28.2 Å². The number of rotatable bonds is 7. The minimum atomic E-state index is -3.79. The highest BCUT2D eigenvalue weighted by atomic mass is 35.5. The van der Waals surface area contributed by atoms with Crippen molar-refractivity contribution in [3.8, 4) is 0 Å². The van der Waals surface area contributed by atoms with Gasteiger partial charge in [-0.3, -0.25) is 13.9 Å². The molecule has 156 valence electrons. The second-order valence-corrected chi connectivity index (χ2v) is 9.93. The van der Waals surface area contributed by atoms with Crippen LogP contribution >= 0.6 is 35.0 Å². The number of sulfonamides is 1. The predicted octanol–water partition coefficient (Wildman–Crippen LogP) is 4.02. The van der Waals surface area contributed by atoms with Crippen LogP contribution in [-0.2, 0) is 14.8 Å². The molecule has 7 nitrogen and oxygen atoms in total. The second-order valence-electron chi connectivity index (χ2n) is 6.27. The van der Waals surface area contributed by atoms with Gasteiger partial charge >= 0.3 is 0 Å². The van der Waals surface area contributed by atoms with Crippen LogP contribution in [0.15, 0.2) is 23.4 Å². The Morgan fingerprint density at radius 2 is 2.10 bits per heavy atom. The largest absolute Gasteiger partial charge is 0.323 e. The molecule has 12 heteroatoms. The molecule has 0 spiro atoms. The van der Waals surface area contributed by atoms with Crippen LogP contribution in [0.25, 0.3) is 0 Å². The van der Waals surface area contributed by atoms with Gasteiger partial charge in [-0.15, -0.1) is 11.8 Å². The molecule has 1 amide bonds. The summed E-state index contributed by atoms with van der Waals surface area (Å²) >= 11 is 14.0. The van der Waals surface area contributed by atoms with Gasteiger partial charge in [0.25, 0.3) is 0 Å². The van der Waals surface area contributed by atoms with Gasteiger partial charge in [-0.2, -0.15) is 0 Å². The van der Waals surface area contributed by atoms with Crippen LogP contribution in [-0.4, -0.2) is 42.5 Å². The topological polar surface area (TPSA) is 101 Å². The van der Waals surface area contributed by atoms with Gasteiger partial charge in [0.05, 0.1) is 56.0 Å². The lowest BCUT2D eigenvalue weighted by atomic mass is 10.1. The smallest absolute Gasteiger partial charge is 0.234 e. The van der Waals surface area contributed by atoms with Crippen LogP contribution in [0, 0.1) is 6.92 Å². The van der Waals surface area contributed by atoms with Crippen molar-refractivity contribution in [2.24, 2.45) is 0 Å². The first-order chi connectivity index (χ1) is 13.7. The van der Waals surface area contributed by atoms with E-state index in [4.69, 9.17) is 23.2 Å². The van der Waals surface area contributed by atoms with E-state index in [1.807, 2.05) is 6.92 Å². The molecule has 29 heavy (non-hydrogen) atoms. The number of thioether (sulfide) groups is 1. The fourth-order valence-corrected chi connectivity index (χ4v) is 5.68. The Morgan fingerprint density at radius 3 is 2.83 bits per heavy atom. The van der Waals surface area contributed by atoms with E-state index < -0.39 is 22.6 Å². The lowest BCUT2D eigenvalue weighted by Crippen LogP contribution is -2.23. The van der Waals surface area contributed by atoms with Gasteiger partial charge in [0.1, 0.15) is 6.33 Å². The van der Waals surface area contributed by atoms with Crippen molar-refractivity contribution in [2.45, 2.75) is 24.2 Å². The average Bonchev–Trinajstić information content (AvgIpc) is 3.11. The SMILES string of the molecule is Cc1ncnc2c1SCC2C(=O)Nc1c(Cl)ccc(NS(=O)(=O)CCCF)c1Cl. The maximum atomic E-state index is 12.8. The summed E-state index contributed by atoms with van der Waals surface area (Å²) < 4.78 is 38.6. The van der Waals surface area contributed by atoms with Crippen LogP contribution in [0.2, 0.25) is 10.0 Å². The standard InChI is InChI=1S/C17H17Cl2FN4O3S2/c1-9-16-14(22-8-21-9)10(7-28-16)17(25)23-15-11(18)3-4-12(13(15)19)24-29(26,27)6-2-5-20/h3-4,8,10,24H,2,5-7H2,1H3,(H,23,25). The summed E-state index contributed by atoms with van der Waals surface area (Å²) in [7, 11) is -3.79. The molecule has 0 radical (unpaired) electrons. The number of halogens is 3. The quantitative estimate of drug-likeness (QED) is 0.622. The van der Waals surface area contributed by atoms with E-state index >= 15 is 0 Å². The third-order valence-corrected chi connectivity index (χ3v) is 7.56. The van der Waals surface area contributed by atoms with E-state index in [1.165, 1.54) is 30.2 Å². The third-order valence-electron chi connectivity index (χ3n) is 4.20. The first kappa shape index (κ1) is 22.1. The van der Waals surface area contributed by atoms with Gasteiger partial charge in [0, 0.05) is 5.75 Å². The molecule has 1 aliphatic heterocycles. The van der Waals surface area contributed by atoms with Gasteiger partial charge in [0.2, 0.25) is 15.9 Å². The molecule has 2 aromatic rings. The summed E-state index contributed by atoms with van der Waals surface area (Å²) in [5, 5.41) is 2.78. The summed E-state index contributed by atoms with van der Waals surface area (Å²) in [6, 6.07) is 2.80. The Kier molecular flexibility index (Phi) is 6.87. The number of hydrogen-bond acceptors (Lipinski definition) is 6. The van der Waals surface area contributed by atoms with Crippen LogP contribution < -0.4 is 10.0 Å². The summed E-state index contributed by atoms with van der Waals surface area (Å²) in [4.78, 5) is 22.1. The van der Waals surface area contributed by atoms with E-state index in [9.17, 15) is 17.6 Å². The molecule has 1 aromatic heterocycles. The summed E-state index contributed by atoms with van der Waals surface area (Å²) in [5.74, 6) is -0.783. The Balaban J connectivity index is 1.83. The molecule has 0 aliphatic carbocycles. The molecule has 2 heterocycles. The second kappa shape index (κ2) is 9.03. The van der Waals surface area contributed by atoms with Gasteiger partial charge in [-0.25, -0.2) is 18.4 Å². The number of aryl methyl sites for hydroxylation is 1. The van der Waals surface area contributed by atoms with Crippen molar-refractivity contribution in [1.29, 1.82) is 0 Å². The van der Waals surface area contributed by atoms with E-state index in [-0.39, 0.29) is 39.5 Å². The van der Waals surface area contributed by atoms with Crippen LogP contribution in [0.5, 0.6) is 0 Å². The van der Waals surface area contributed by atoms with Gasteiger partial charge in [0.15, 0.2) is 0 Å². The zero-order valence-corrected chi connectivity index (χ0v) is 18.4. The third kappa shape index (κ3) is 4.93. The molecule has 1 unspecified atom stereocenters. The normalized spacial score (nSPS) is 15.8. The Morgan fingerprint density at radius 1 is 1.34 bits per heavy atom. The first-order valence-corrected chi connectivity index (χ1v) is 11.9. The Labute approximate surface area is 181 Å². The summed E-state index contributed by atoms with van der Waals surface area (Å²) in [6.07, 6.45) is 1.28. The minimum absolute atomic E-state index is 0.0459. The molecule has 0 bridgehead atoms. The highest BCUT2D eigenvalue weighted by Crippen LogP contribution is 2.42. The number of aromatic nitrogens is 2. The van der Waals surface area contributed by atoms with Gasteiger partial charge in [-0.1, -0.05) is 23.2 Å². The van der Waals surface area contributed by atoms with Crippen LogP contribution in [0.3, 0.4) is 0 Å². The van der Waals surface area contributed by atoms with E-state index in [0.29, 0.717) is 11.4 Å². The van der Waals surface area contributed by atoms with Crippen molar-refractivity contribution in [1.82, 2.24) is 9.97 Å². The molecule has 2 N–H and O–H groups in total. The van der Waals surface area contributed by atoms with Crippen LogP contribution in [0.1, 0.15) is 23.7 Å². The summed E-state index contributed by atoms with van der Waals surface area (Å²) in [5.41, 5.74) is 1.57. The highest BCUT2D eigenvalue weighted by molar-refractivity contribution is 7.99. The number of alkyl halides is 1. The maximum Gasteiger partial charge on any atom is 0.234 e. The number of carbonyl (C=O) groups is 1. The lowest BCUT2D eigenvalue weighted by Gasteiger charge is -2.16. The van der Waals surface area contributed by atoms with Crippen molar-refractivity contribution >= 4 is 62.3 Å². The molecular weight excluding hydrogens is 462 g/mol. The number of carbonyl (C=O) groups excluding carboxylic acids is 1. The molecule has 0 saturated carbocycles. The predicted molar refractivity (Wildman–Crippen MR) is 113 cm³/mol. The number of anilines is 2. The minimum Gasteiger partial charge on any atom is -0.323 e. The Hall–Kier alpha value is -1.62. The molecular formula is C17H17Cl2FN4O3S2. The number of amides is 1. The summed E-state index contributed by atoms with van der Waals surface area (Å²) in [6.45, 7) is 1.10. The number of hydrogen-bond donors (Lipinski definition) is 2. The van der Waals surface area contributed by atoms with Gasteiger partial charge in [-0.05, 0) is 25.5 Å². The number of benzene rings is 1. The monoisotopic (exact) mass is 478 g/mol. The number of nitrogens with zero attached hydrogens (tertiary/aromatic N) is 2. The van der Waals surface area contributed by atoms with Gasteiger partial charge < -0.3 is 5.32 Å². The molecule has 1 atom stereocenters. The van der Waals surface area contributed by atoms with E-state index in [2.05, 4.69) is 20.0 Å². The zero-order chi connectivity index (χ0) is 21.2. The van der Waals surface area contributed by atoms with Crippen molar-refractivity contribution < 1.29 is 17.6 Å².